The van der Waals surface area contributed by atoms with Crippen molar-refractivity contribution >= 4 is 11.5 Å². The zero-order chi connectivity index (χ0) is 13.4. The largest absolute Gasteiger partial charge is 0.270 e. The fraction of sp³-hybridized carbons (Fsp3) is 0.375. The Hall–Kier alpha value is -1.70. The quantitative estimate of drug-likeness (QED) is 0.421. The normalized spacial score (nSPS) is 14.4. The van der Waals surface area contributed by atoms with E-state index in [1.165, 1.54) is 0 Å². The van der Waals surface area contributed by atoms with E-state index in [2.05, 4.69) is 30.4 Å². The van der Waals surface area contributed by atoms with Crippen molar-refractivity contribution in [3.8, 4) is 0 Å². The summed E-state index contributed by atoms with van der Waals surface area (Å²) in [7, 11) is 1.79. The predicted octanol–water partition coefficient (Wildman–Crippen LogP) is 4.13. The van der Waals surface area contributed by atoms with Crippen LogP contribution < -0.4 is 0 Å². The van der Waals surface area contributed by atoms with Gasteiger partial charge in [-0.2, -0.15) is 0 Å². The highest BCUT2D eigenvalue weighted by atomic mass is 14.9. The summed E-state index contributed by atoms with van der Waals surface area (Å²) in [4.78, 5) is 8.92. The highest BCUT2D eigenvalue weighted by molar-refractivity contribution is 6.06. The molecule has 1 aromatic carbocycles. The monoisotopic (exact) mass is 242 g/mol. The molecule has 18 heavy (non-hydrogen) atoms. The minimum Gasteiger partial charge on any atom is -0.270 e. The summed E-state index contributed by atoms with van der Waals surface area (Å²) >= 11 is 0. The van der Waals surface area contributed by atoms with Crippen molar-refractivity contribution in [3.05, 3.63) is 48.6 Å². The Kier molecular flexibility index (Phi) is 6.06. The van der Waals surface area contributed by atoms with Crippen LogP contribution in [0.2, 0.25) is 0 Å². The molecule has 0 spiro atoms. The van der Waals surface area contributed by atoms with Crippen LogP contribution in [0.1, 0.15) is 32.3 Å². The van der Waals surface area contributed by atoms with E-state index in [1.54, 1.807) is 7.05 Å². The zero-order valence-electron chi connectivity index (χ0n) is 11.6. The van der Waals surface area contributed by atoms with Gasteiger partial charge in [0, 0.05) is 18.3 Å². The number of rotatable bonds is 5. The number of benzene rings is 1. The molecular weight excluding hydrogens is 220 g/mol. The zero-order valence-corrected chi connectivity index (χ0v) is 11.6. The molecule has 1 unspecified atom stereocenters. The summed E-state index contributed by atoms with van der Waals surface area (Å²) < 4.78 is 0. The van der Waals surface area contributed by atoms with Gasteiger partial charge in [-0.25, -0.2) is 4.99 Å². The van der Waals surface area contributed by atoms with E-state index in [-0.39, 0.29) is 0 Å². The van der Waals surface area contributed by atoms with Crippen LogP contribution in [0.15, 0.2) is 53.0 Å². The van der Waals surface area contributed by atoms with Gasteiger partial charge in [-0.15, -0.1) is 6.58 Å². The van der Waals surface area contributed by atoms with Crippen molar-refractivity contribution in [1.29, 1.82) is 0 Å². The van der Waals surface area contributed by atoms with Gasteiger partial charge in [-0.3, -0.25) is 4.99 Å². The maximum Gasteiger partial charge on any atom is 0.154 e. The molecule has 0 N–H and O–H groups in total. The Balaban J connectivity index is 2.82. The van der Waals surface area contributed by atoms with E-state index < -0.39 is 0 Å². The van der Waals surface area contributed by atoms with Crippen molar-refractivity contribution in [3.63, 3.8) is 0 Å². The Morgan fingerprint density at radius 3 is 2.56 bits per heavy atom. The molecular formula is C16H22N2. The second-order valence-electron chi connectivity index (χ2n) is 4.43. The maximum atomic E-state index is 4.65. The van der Waals surface area contributed by atoms with Crippen LogP contribution >= 0.6 is 0 Å². The van der Waals surface area contributed by atoms with E-state index >= 15 is 0 Å². The second kappa shape index (κ2) is 7.59. The van der Waals surface area contributed by atoms with Gasteiger partial charge in [0.15, 0.2) is 5.84 Å². The molecule has 0 radical (unpaired) electrons. The van der Waals surface area contributed by atoms with E-state index in [1.807, 2.05) is 36.4 Å². The topological polar surface area (TPSA) is 24.7 Å². The molecule has 0 aliphatic heterocycles. The van der Waals surface area contributed by atoms with Crippen LogP contribution in [0.3, 0.4) is 0 Å². The molecule has 0 saturated carbocycles. The van der Waals surface area contributed by atoms with E-state index in [0.29, 0.717) is 5.92 Å². The lowest BCUT2D eigenvalue weighted by molar-refractivity contribution is 0.692. The molecule has 1 rings (SSSR count). The molecule has 1 atom stereocenters. The molecule has 0 aromatic heterocycles. The first-order valence-electron chi connectivity index (χ1n) is 6.37. The van der Waals surface area contributed by atoms with E-state index in [0.717, 1.165) is 30.0 Å². The molecule has 0 aliphatic rings. The second-order valence-corrected chi connectivity index (χ2v) is 4.43. The number of allylic oxidation sites excluding steroid dienone is 1. The molecule has 96 valence electrons. The van der Waals surface area contributed by atoms with Crippen LogP contribution in [0, 0.1) is 5.92 Å². The summed E-state index contributed by atoms with van der Waals surface area (Å²) in [6, 6.07) is 10.1. The Labute approximate surface area is 110 Å². The van der Waals surface area contributed by atoms with Crippen LogP contribution in [0.25, 0.3) is 0 Å². The van der Waals surface area contributed by atoms with Crippen molar-refractivity contribution < 1.29 is 0 Å². The fourth-order valence-electron chi connectivity index (χ4n) is 1.68. The van der Waals surface area contributed by atoms with Crippen molar-refractivity contribution in [1.82, 2.24) is 0 Å². The van der Waals surface area contributed by atoms with Crippen LogP contribution in [-0.4, -0.2) is 18.6 Å². The molecule has 2 nitrogen and oxygen atoms in total. The van der Waals surface area contributed by atoms with Gasteiger partial charge >= 0.3 is 0 Å². The lowest BCUT2D eigenvalue weighted by Crippen LogP contribution is -2.10. The first-order chi connectivity index (χ1) is 8.69. The van der Waals surface area contributed by atoms with Crippen LogP contribution in [0.4, 0.5) is 0 Å². The average molecular weight is 242 g/mol. The number of hydrogen-bond donors (Lipinski definition) is 0. The lowest BCUT2D eigenvalue weighted by Gasteiger charge is -2.10. The van der Waals surface area contributed by atoms with Gasteiger partial charge in [-0.05, 0) is 25.7 Å². The SMILES string of the molecule is C=CCCC(C)/C(C)=N/C(=N\C)c1ccccc1. The first-order valence-corrected chi connectivity index (χ1v) is 6.37. The Morgan fingerprint density at radius 2 is 2.00 bits per heavy atom. The van der Waals surface area contributed by atoms with Gasteiger partial charge < -0.3 is 0 Å². The fourth-order valence-corrected chi connectivity index (χ4v) is 1.68. The van der Waals surface area contributed by atoms with E-state index in [9.17, 15) is 0 Å². The number of hydrogen-bond acceptors (Lipinski definition) is 1. The standard InChI is InChI=1S/C16H22N2/c1-5-6-10-13(2)14(3)18-16(17-4)15-11-8-7-9-12-15/h5,7-9,11-13H,1,6,10H2,2-4H3/b17-16-,18-14+. The molecule has 0 aliphatic carbocycles. The molecule has 0 fully saturated rings. The number of nitrogens with zero attached hydrogens (tertiary/aromatic N) is 2. The van der Waals surface area contributed by atoms with Crippen LogP contribution in [0.5, 0.6) is 0 Å². The predicted molar refractivity (Wildman–Crippen MR) is 80.6 cm³/mol. The summed E-state index contributed by atoms with van der Waals surface area (Å²) in [5.74, 6) is 1.27. The highest BCUT2D eigenvalue weighted by Crippen LogP contribution is 2.10. The summed E-state index contributed by atoms with van der Waals surface area (Å²) in [5, 5.41) is 0. The first kappa shape index (κ1) is 14.4. The maximum absolute atomic E-state index is 4.65. The van der Waals surface area contributed by atoms with Gasteiger partial charge in [0.1, 0.15) is 0 Å². The van der Waals surface area contributed by atoms with Gasteiger partial charge in [0.2, 0.25) is 0 Å². The molecule has 1 aromatic rings. The number of aliphatic imine (C=N–C) groups is 2. The van der Waals surface area contributed by atoms with Crippen molar-refractivity contribution in [2.75, 3.05) is 7.05 Å². The third kappa shape index (κ3) is 4.28. The molecule has 0 saturated heterocycles. The lowest BCUT2D eigenvalue weighted by atomic mass is 10.0. The van der Waals surface area contributed by atoms with Crippen molar-refractivity contribution in [2.24, 2.45) is 15.9 Å². The summed E-state index contributed by atoms with van der Waals surface area (Å²) in [6.45, 7) is 8.02. The third-order valence-electron chi connectivity index (χ3n) is 3.04. The average Bonchev–Trinajstić information content (AvgIpc) is 2.42. The van der Waals surface area contributed by atoms with Crippen molar-refractivity contribution in [2.45, 2.75) is 26.7 Å². The summed E-state index contributed by atoms with van der Waals surface area (Å²) in [6.07, 6.45) is 4.07. The smallest absolute Gasteiger partial charge is 0.154 e. The highest BCUT2D eigenvalue weighted by Gasteiger charge is 2.07. The van der Waals surface area contributed by atoms with Gasteiger partial charge in [-0.1, -0.05) is 43.3 Å². The third-order valence-corrected chi connectivity index (χ3v) is 3.04. The molecule has 2 heteroatoms. The molecule has 0 bridgehead atoms. The minimum atomic E-state index is 0.462. The Morgan fingerprint density at radius 1 is 1.33 bits per heavy atom. The molecule has 0 heterocycles. The van der Waals surface area contributed by atoms with E-state index in [4.69, 9.17) is 0 Å². The molecule has 0 amide bonds. The summed E-state index contributed by atoms with van der Waals surface area (Å²) in [5.41, 5.74) is 2.19. The van der Waals surface area contributed by atoms with Gasteiger partial charge in [0.25, 0.3) is 0 Å². The van der Waals surface area contributed by atoms with Crippen LogP contribution in [-0.2, 0) is 0 Å². The minimum absolute atomic E-state index is 0.462. The Bertz CT molecular complexity index is 430. The van der Waals surface area contributed by atoms with Gasteiger partial charge in [0.05, 0.1) is 0 Å². The number of amidine groups is 1.